The van der Waals surface area contributed by atoms with Gasteiger partial charge in [-0.15, -0.1) is 0 Å². The Morgan fingerprint density at radius 2 is 1.50 bits per heavy atom. The van der Waals surface area contributed by atoms with Gasteiger partial charge in [-0.3, -0.25) is 14.6 Å². The molecule has 4 nitrogen and oxygen atoms in total. The van der Waals surface area contributed by atoms with Gasteiger partial charge in [0.25, 0.3) is 0 Å². The van der Waals surface area contributed by atoms with Gasteiger partial charge >= 0.3 is 0 Å². The maximum absolute atomic E-state index is 12.4. The predicted octanol–water partition coefficient (Wildman–Crippen LogP) is 5.56. The molecule has 1 heterocycles. The summed E-state index contributed by atoms with van der Waals surface area (Å²) in [6, 6.07) is 18.1. The highest BCUT2D eigenvalue weighted by atomic mass is 35.5. The number of halogens is 3. The number of carbonyl (C=O) groups excluding carboxylic acids is 1. The average molecular weight is 463 g/mol. The molecule has 0 radical (unpaired) electrons. The van der Waals surface area contributed by atoms with Crippen LogP contribution in [0.15, 0.2) is 54.6 Å². The van der Waals surface area contributed by atoms with E-state index in [4.69, 9.17) is 34.8 Å². The number of piperazine rings is 1. The van der Waals surface area contributed by atoms with Gasteiger partial charge in [-0.05, 0) is 28.5 Å². The summed E-state index contributed by atoms with van der Waals surface area (Å²) in [6.45, 7) is 4.76. The van der Waals surface area contributed by atoms with Crippen molar-refractivity contribution in [1.29, 1.82) is 0 Å². The molecule has 0 saturated carbocycles. The molecule has 7 heteroatoms. The first-order chi connectivity index (χ1) is 14.5. The van der Waals surface area contributed by atoms with Crippen LogP contribution in [0, 0.1) is 0 Å². The Morgan fingerprint density at radius 3 is 2.30 bits per heavy atom. The molecule has 0 atom stereocenters. The van der Waals surface area contributed by atoms with E-state index in [1.54, 1.807) is 6.07 Å². The Labute approximate surface area is 191 Å². The van der Waals surface area contributed by atoms with Crippen molar-refractivity contribution in [2.24, 2.45) is 0 Å². The zero-order valence-electron chi connectivity index (χ0n) is 16.4. The second kappa shape index (κ2) is 9.54. The van der Waals surface area contributed by atoms with Crippen molar-refractivity contribution in [2.45, 2.75) is 6.54 Å². The monoisotopic (exact) mass is 461 g/mol. The molecule has 4 rings (SSSR count). The maximum Gasteiger partial charge on any atom is 0.238 e. The van der Waals surface area contributed by atoms with Crippen molar-refractivity contribution in [1.82, 2.24) is 9.80 Å². The third-order valence-electron chi connectivity index (χ3n) is 5.39. The molecule has 0 aromatic heterocycles. The third-order valence-corrected chi connectivity index (χ3v) is 6.42. The van der Waals surface area contributed by atoms with E-state index in [0.29, 0.717) is 27.3 Å². The molecule has 1 saturated heterocycles. The molecule has 0 unspecified atom stereocenters. The fourth-order valence-corrected chi connectivity index (χ4v) is 4.38. The van der Waals surface area contributed by atoms with Gasteiger partial charge in [-0.2, -0.15) is 0 Å². The van der Waals surface area contributed by atoms with Crippen LogP contribution < -0.4 is 5.32 Å². The molecule has 156 valence electrons. The van der Waals surface area contributed by atoms with E-state index in [2.05, 4.69) is 57.6 Å². The number of nitrogens with zero attached hydrogens (tertiary/aromatic N) is 2. The molecular formula is C23H22Cl3N3O. The van der Waals surface area contributed by atoms with Crippen molar-refractivity contribution >= 4 is 57.2 Å². The molecule has 1 N–H and O–H groups in total. The van der Waals surface area contributed by atoms with E-state index >= 15 is 0 Å². The van der Waals surface area contributed by atoms with Crippen LogP contribution in [0.1, 0.15) is 5.56 Å². The minimum absolute atomic E-state index is 0.113. The van der Waals surface area contributed by atoms with Gasteiger partial charge in [-0.25, -0.2) is 0 Å². The van der Waals surface area contributed by atoms with Gasteiger partial charge in [0.2, 0.25) is 5.91 Å². The molecule has 30 heavy (non-hydrogen) atoms. The minimum Gasteiger partial charge on any atom is -0.324 e. The van der Waals surface area contributed by atoms with Gasteiger partial charge in [0.15, 0.2) is 0 Å². The minimum atomic E-state index is -0.113. The lowest BCUT2D eigenvalue weighted by Crippen LogP contribution is -2.48. The highest BCUT2D eigenvalue weighted by Gasteiger charge is 2.20. The molecule has 1 fully saturated rings. The van der Waals surface area contributed by atoms with Crippen LogP contribution in [-0.4, -0.2) is 48.4 Å². The number of carbonyl (C=O) groups is 1. The van der Waals surface area contributed by atoms with E-state index in [0.717, 1.165) is 32.7 Å². The Kier molecular flexibility index (Phi) is 6.81. The quantitative estimate of drug-likeness (QED) is 0.505. The second-order valence-corrected chi connectivity index (χ2v) is 8.71. The van der Waals surface area contributed by atoms with Crippen LogP contribution in [0.5, 0.6) is 0 Å². The lowest BCUT2D eigenvalue weighted by atomic mass is 10.0. The van der Waals surface area contributed by atoms with E-state index in [1.165, 1.54) is 22.4 Å². The molecular weight excluding hydrogens is 441 g/mol. The van der Waals surface area contributed by atoms with Gasteiger partial charge in [-0.1, -0.05) is 77.3 Å². The highest BCUT2D eigenvalue weighted by molar-refractivity contribution is 6.44. The lowest BCUT2D eigenvalue weighted by molar-refractivity contribution is -0.117. The third kappa shape index (κ3) is 5.08. The number of hydrogen-bond acceptors (Lipinski definition) is 3. The summed E-state index contributed by atoms with van der Waals surface area (Å²) < 4.78 is 0. The van der Waals surface area contributed by atoms with Crippen LogP contribution in [0.2, 0.25) is 15.1 Å². The lowest BCUT2D eigenvalue weighted by Gasteiger charge is -2.34. The van der Waals surface area contributed by atoms with Crippen LogP contribution in [0.4, 0.5) is 5.69 Å². The second-order valence-electron chi connectivity index (χ2n) is 7.48. The number of rotatable bonds is 5. The fraction of sp³-hybridized carbons (Fsp3) is 0.261. The number of benzene rings is 3. The number of anilines is 1. The topological polar surface area (TPSA) is 35.6 Å². The first kappa shape index (κ1) is 21.4. The van der Waals surface area contributed by atoms with Crippen molar-refractivity contribution in [3.05, 3.63) is 75.2 Å². The summed E-state index contributed by atoms with van der Waals surface area (Å²) in [5, 5.41) is 6.50. The van der Waals surface area contributed by atoms with Gasteiger partial charge in [0, 0.05) is 32.7 Å². The number of hydrogen-bond donors (Lipinski definition) is 1. The molecule has 3 aromatic carbocycles. The molecule has 0 bridgehead atoms. The predicted molar refractivity (Wildman–Crippen MR) is 126 cm³/mol. The van der Waals surface area contributed by atoms with Crippen molar-refractivity contribution < 1.29 is 4.79 Å². The van der Waals surface area contributed by atoms with Crippen LogP contribution in [0.25, 0.3) is 10.8 Å². The summed E-state index contributed by atoms with van der Waals surface area (Å²) in [4.78, 5) is 17.0. The molecule has 0 aliphatic carbocycles. The smallest absolute Gasteiger partial charge is 0.238 e. The number of amides is 1. The summed E-state index contributed by atoms with van der Waals surface area (Å²) in [7, 11) is 0. The Hall–Kier alpha value is -1.82. The fourth-order valence-electron chi connectivity index (χ4n) is 3.79. The van der Waals surface area contributed by atoms with Crippen LogP contribution in [0.3, 0.4) is 0 Å². The molecule has 1 aliphatic heterocycles. The van der Waals surface area contributed by atoms with E-state index < -0.39 is 0 Å². The Bertz CT molecular complexity index is 1060. The van der Waals surface area contributed by atoms with Crippen molar-refractivity contribution in [3.63, 3.8) is 0 Å². The molecule has 3 aromatic rings. The summed E-state index contributed by atoms with van der Waals surface area (Å²) in [5.41, 5.74) is 1.82. The first-order valence-corrected chi connectivity index (χ1v) is 11.0. The van der Waals surface area contributed by atoms with Crippen LogP contribution in [-0.2, 0) is 11.3 Å². The van der Waals surface area contributed by atoms with Gasteiger partial charge < -0.3 is 5.32 Å². The maximum atomic E-state index is 12.4. The summed E-state index contributed by atoms with van der Waals surface area (Å²) >= 11 is 18.1. The zero-order valence-corrected chi connectivity index (χ0v) is 18.6. The van der Waals surface area contributed by atoms with Crippen LogP contribution >= 0.6 is 34.8 Å². The normalized spacial score (nSPS) is 15.4. The zero-order chi connectivity index (χ0) is 21.1. The van der Waals surface area contributed by atoms with E-state index in [1.807, 2.05) is 0 Å². The van der Waals surface area contributed by atoms with Crippen molar-refractivity contribution in [3.8, 4) is 0 Å². The highest BCUT2D eigenvalue weighted by Crippen LogP contribution is 2.32. The van der Waals surface area contributed by atoms with Crippen molar-refractivity contribution in [2.75, 3.05) is 38.0 Å². The van der Waals surface area contributed by atoms with Gasteiger partial charge in [0.05, 0.1) is 27.3 Å². The largest absolute Gasteiger partial charge is 0.324 e. The first-order valence-electron chi connectivity index (χ1n) is 9.85. The molecule has 1 aliphatic rings. The molecule has 1 amide bonds. The summed E-state index contributed by atoms with van der Waals surface area (Å²) in [6.07, 6.45) is 0. The van der Waals surface area contributed by atoms with E-state index in [9.17, 15) is 4.79 Å². The number of nitrogens with one attached hydrogen (secondary N) is 1. The van der Waals surface area contributed by atoms with E-state index in [-0.39, 0.29) is 5.91 Å². The Morgan fingerprint density at radius 1 is 0.833 bits per heavy atom. The summed E-state index contributed by atoms with van der Waals surface area (Å²) in [5.74, 6) is -0.113. The SMILES string of the molecule is O=C(CN1CCN(Cc2cccc3ccccc23)CC1)Nc1cc(Cl)c(Cl)cc1Cl. The van der Waals surface area contributed by atoms with Gasteiger partial charge in [0.1, 0.15) is 0 Å². The average Bonchev–Trinajstić information content (AvgIpc) is 2.74. The Balaban J connectivity index is 1.30. The molecule has 0 spiro atoms. The number of fused-ring (bicyclic) bond motifs is 1. The standard InChI is InChI=1S/C23H22Cl3N3O/c24-19-12-21(26)22(13-20(19)25)27-23(30)15-29-10-8-28(9-11-29)14-17-6-3-5-16-4-1-2-7-18(16)17/h1-7,12-13H,8-11,14-15H2,(H,27,30).